The smallest absolute Gasteiger partial charge is 0.0815 e. The quantitative estimate of drug-likeness (QED) is 0.895. The van der Waals surface area contributed by atoms with E-state index in [9.17, 15) is 5.11 Å². The van der Waals surface area contributed by atoms with Crippen LogP contribution in [-0.2, 0) is 0 Å². The monoisotopic (exact) mass is 256 g/mol. The standard InChI is InChI=1S/C16H20N2O/c1-16(2)9-8-14(15(16)19)18-11-13(10-17-18)12-6-4-3-5-7-12/h3-7,10-11,14-15,19H,8-9H2,1-2H3. The predicted molar refractivity (Wildman–Crippen MR) is 75.7 cm³/mol. The highest BCUT2D eigenvalue weighted by molar-refractivity contribution is 5.61. The minimum absolute atomic E-state index is 0.0104. The second-order valence-corrected chi connectivity index (χ2v) is 6.11. The van der Waals surface area contributed by atoms with Crippen LogP contribution in [0.4, 0.5) is 0 Å². The first kappa shape index (κ1) is 12.4. The van der Waals surface area contributed by atoms with Gasteiger partial charge in [0.25, 0.3) is 0 Å². The lowest BCUT2D eigenvalue weighted by molar-refractivity contribution is 0.0463. The van der Waals surface area contributed by atoms with Crippen molar-refractivity contribution in [3.8, 4) is 11.1 Å². The summed E-state index contributed by atoms with van der Waals surface area (Å²) in [5, 5.41) is 14.8. The van der Waals surface area contributed by atoms with E-state index in [2.05, 4.69) is 31.1 Å². The van der Waals surface area contributed by atoms with Crippen LogP contribution in [-0.4, -0.2) is 21.0 Å². The fourth-order valence-corrected chi connectivity index (χ4v) is 2.92. The Morgan fingerprint density at radius 2 is 1.95 bits per heavy atom. The molecule has 2 atom stereocenters. The lowest BCUT2D eigenvalue weighted by atomic mass is 9.89. The number of hydrogen-bond acceptors (Lipinski definition) is 2. The van der Waals surface area contributed by atoms with Gasteiger partial charge in [0.15, 0.2) is 0 Å². The minimum Gasteiger partial charge on any atom is -0.390 e. The third-order valence-electron chi connectivity index (χ3n) is 4.30. The summed E-state index contributed by atoms with van der Waals surface area (Å²) in [5.41, 5.74) is 2.27. The zero-order valence-electron chi connectivity index (χ0n) is 11.5. The van der Waals surface area contributed by atoms with Gasteiger partial charge in [0, 0.05) is 11.8 Å². The van der Waals surface area contributed by atoms with Gasteiger partial charge in [-0.3, -0.25) is 4.68 Å². The maximum Gasteiger partial charge on any atom is 0.0815 e. The first-order valence-corrected chi connectivity index (χ1v) is 6.85. The van der Waals surface area contributed by atoms with E-state index in [0.717, 1.165) is 18.4 Å². The van der Waals surface area contributed by atoms with Gasteiger partial charge in [0.05, 0.1) is 18.3 Å². The number of rotatable bonds is 2. The number of nitrogens with zero attached hydrogens (tertiary/aromatic N) is 2. The summed E-state index contributed by atoms with van der Waals surface area (Å²) in [6.45, 7) is 4.25. The fourth-order valence-electron chi connectivity index (χ4n) is 2.92. The number of aromatic nitrogens is 2. The third-order valence-corrected chi connectivity index (χ3v) is 4.30. The van der Waals surface area contributed by atoms with Crippen molar-refractivity contribution < 1.29 is 5.11 Å². The summed E-state index contributed by atoms with van der Waals surface area (Å²) in [5.74, 6) is 0. The average molecular weight is 256 g/mol. The molecule has 3 rings (SSSR count). The zero-order valence-corrected chi connectivity index (χ0v) is 11.5. The lowest BCUT2D eigenvalue weighted by Gasteiger charge is -2.25. The van der Waals surface area contributed by atoms with Crippen LogP contribution in [0, 0.1) is 5.41 Å². The van der Waals surface area contributed by atoms with Crippen molar-refractivity contribution in [2.45, 2.75) is 38.8 Å². The molecule has 3 nitrogen and oxygen atoms in total. The maximum absolute atomic E-state index is 10.4. The summed E-state index contributed by atoms with van der Waals surface area (Å²) < 4.78 is 1.93. The van der Waals surface area contributed by atoms with Crippen LogP contribution < -0.4 is 0 Å². The van der Waals surface area contributed by atoms with E-state index in [1.165, 1.54) is 5.56 Å². The van der Waals surface area contributed by atoms with E-state index < -0.39 is 0 Å². The maximum atomic E-state index is 10.4. The Balaban J connectivity index is 1.87. The second kappa shape index (κ2) is 4.49. The Labute approximate surface area is 113 Å². The average Bonchev–Trinajstić information content (AvgIpc) is 2.98. The Morgan fingerprint density at radius 3 is 2.58 bits per heavy atom. The molecule has 1 saturated carbocycles. The molecule has 0 radical (unpaired) electrons. The molecule has 0 saturated heterocycles. The normalized spacial score (nSPS) is 25.6. The van der Waals surface area contributed by atoms with Gasteiger partial charge in [-0.05, 0) is 23.8 Å². The van der Waals surface area contributed by atoms with Gasteiger partial charge in [-0.1, -0.05) is 44.2 Å². The summed E-state index contributed by atoms with van der Waals surface area (Å²) in [7, 11) is 0. The topological polar surface area (TPSA) is 38.0 Å². The van der Waals surface area contributed by atoms with Crippen LogP contribution in [0.5, 0.6) is 0 Å². The largest absolute Gasteiger partial charge is 0.390 e. The molecule has 1 heterocycles. The van der Waals surface area contributed by atoms with Crippen molar-refractivity contribution in [1.29, 1.82) is 0 Å². The molecule has 1 aromatic heterocycles. The van der Waals surface area contributed by atoms with Crippen LogP contribution in [0.2, 0.25) is 0 Å². The number of aliphatic hydroxyl groups excluding tert-OH is 1. The highest BCUT2D eigenvalue weighted by atomic mass is 16.3. The molecule has 2 aromatic rings. The molecule has 1 aliphatic carbocycles. The third kappa shape index (κ3) is 2.19. The Bertz CT molecular complexity index is 559. The minimum atomic E-state index is -0.323. The van der Waals surface area contributed by atoms with Crippen molar-refractivity contribution in [1.82, 2.24) is 9.78 Å². The molecule has 0 aliphatic heterocycles. The van der Waals surface area contributed by atoms with Gasteiger partial charge in [-0.2, -0.15) is 5.10 Å². The highest BCUT2D eigenvalue weighted by Gasteiger charge is 2.42. The zero-order chi connectivity index (χ0) is 13.5. The summed E-state index contributed by atoms with van der Waals surface area (Å²) >= 11 is 0. The van der Waals surface area contributed by atoms with Crippen molar-refractivity contribution in [2.24, 2.45) is 5.41 Å². The molecule has 1 fully saturated rings. The van der Waals surface area contributed by atoms with Crippen molar-refractivity contribution in [2.75, 3.05) is 0 Å². The van der Waals surface area contributed by atoms with Crippen LogP contribution in [0.15, 0.2) is 42.7 Å². The van der Waals surface area contributed by atoms with Gasteiger partial charge < -0.3 is 5.11 Å². The predicted octanol–water partition coefficient (Wildman–Crippen LogP) is 3.27. The summed E-state index contributed by atoms with van der Waals surface area (Å²) in [6, 6.07) is 10.3. The van der Waals surface area contributed by atoms with Gasteiger partial charge in [0.1, 0.15) is 0 Å². The van der Waals surface area contributed by atoms with Gasteiger partial charge in [-0.25, -0.2) is 0 Å². The van der Waals surface area contributed by atoms with Crippen LogP contribution in [0.25, 0.3) is 11.1 Å². The molecule has 0 bridgehead atoms. The molecule has 1 aliphatic rings. The molecule has 1 aromatic carbocycles. The molecule has 2 unspecified atom stereocenters. The van der Waals surface area contributed by atoms with E-state index in [0.29, 0.717) is 0 Å². The molecule has 19 heavy (non-hydrogen) atoms. The summed E-state index contributed by atoms with van der Waals surface area (Å²) in [6.07, 6.45) is 5.64. The number of aliphatic hydroxyl groups is 1. The van der Waals surface area contributed by atoms with Crippen molar-refractivity contribution >= 4 is 0 Å². The van der Waals surface area contributed by atoms with Crippen molar-refractivity contribution in [3.05, 3.63) is 42.7 Å². The van der Waals surface area contributed by atoms with E-state index in [1.807, 2.05) is 35.3 Å². The van der Waals surface area contributed by atoms with Crippen molar-refractivity contribution in [3.63, 3.8) is 0 Å². The summed E-state index contributed by atoms with van der Waals surface area (Å²) in [4.78, 5) is 0. The Hall–Kier alpha value is -1.61. The lowest BCUT2D eigenvalue weighted by Crippen LogP contribution is -2.29. The van der Waals surface area contributed by atoms with Gasteiger partial charge in [0.2, 0.25) is 0 Å². The van der Waals surface area contributed by atoms with E-state index >= 15 is 0 Å². The molecular formula is C16H20N2O. The first-order valence-electron chi connectivity index (χ1n) is 6.85. The fraction of sp³-hybridized carbons (Fsp3) is 0.438. The van der Waals surface area contributed by atoms with Crippen LogP contribution in [0.3, 0.4) is 0 Å². The van der Waals surface area contributed by atoms with Gasteiger partial charge >= 0.3 is 0 Å². The molecule has 3 heteroatoms. The Morgan fingerprint density at radius 1 is 1.21 bits per heavy atom. The van der Waals surface area contributed by atoms with Gasteiger partial charge in [-0.15, -0.1) is 0 Å². The molecule has 0 spiro atoms. The SMILES string of the molecule is CC1(C)CCC(n2cc(-c3ccccc3)cn2)C1O. The van der Waals surface area contributed by atoms with E-state index in [4.69, 9.17) is 0 Å². The van der Waals surface area contributed by atoms with Crippen LogP contribution >= 0.6 is 0 Å². The molecular weight excluding hydrogens is 236 g/mol. The molecule has 0 amide bonds. The first-order chi connectivity index (χ1) is 9.08. The number of hydrogen-bond donors (Lipinski definition) is 1. The van der Waals surface area contributed by atoms with E-state index in [-0.39, 0.29) is 17.6 Å². The second-order valence-electron chi connectivity index (χ2n) is 6.11. The highest BCUT2D eigenvalue weighted by Crippen LogP contribution is 2.43. The number of benzene rings is 1. The molecule has 1 N–H and O–H groups in total. The Kier molecular flexibility index (Phi) is 2.94. The molecule has 100 valence electrons. The van der Waals surface area contributed by atoms with Crippen LogP contribution in [0.1, 0.15) is 32.7 Å². The van der Waals surface area contributed by atoms with E-state index in [1.54, 1.807) is 0 Å².